The quantitative estimate of drug-likeness (QED) is 0.571. The Morgan fingerprint density at radius 3 is 1.08 bits per heavy atom. The van der Waals surface area contributed by atoms with Crippen molar-refractivity contribution in [3.8, 4) is 0 Å². The summed E-state index contributed by atoms with van der Waals surface area (Å²) in [5.41, 5.74) is 0. The molecule has 0 aliphatic carbocycles. The Bertz CT molecular complexity index is 815. The first-order valence-electron chi connectivity index (χ1n) is 6.03. The SMILES string of the molecule is C[C]12[CH]3[CH]4[CH]5[C]1(C)[Co]43521678[CH]2[CH]1[CH]6[CH]7[CH]28. The molecule has 1 heteroatoms. The summed E-state index contributed by atoms with van der Waals surface area (Å²) in [6.45, 7) is 5.65. The van der Waals surface area contributed by atoms with E-state index in [2.05, 4.69) is 13.8 Å². The molecule has 1 spiro atoms. The second kappa shape index (κ2) is 0.249. The van der Waals surface area contributed by atoms with Crippen molar-refractivity contribution in [3.05, 3.63) is 0 Å². The van der Waals surface area contributed by atoms with Gasteiger partial charge in [-0.2, -0.15) is 0 Å². The van der Waals surface area contributed by atoms with Crippen molar-refractivity contribution in [1.29, 1.82) is 0 Å². The second-order valence-corrected chi connectivity index (χ2v) is 32.4. The molecule has 10 fully saturated rings. The summed E-state index contributed by atoms with van der Waals surface area (Å²) < 4.78 is 2.25. The molecule has 10 rings (SSSR count). The Balaban J connectivity index is 2.20. The van der Waals surface area contributed by atoms with Gasteiger partial charge in [0.05, 0.1) is 0 Å². The van der Waals surface area contributed by atoms with Crippen molar-refractivity contribution in [2.75, 3.05) is 0 Å². The molecule has 13 heavy (non-hydrogen) atoms. The van der Waals surface area contributed by atoms with Crippen molar-refractivity contribution in [3.63, 3.8) is 0 Å². The van der Waals surface area contributed by atoms with Crippen molar-refractivity contribution < 1.29 is 6.37 Å². The second-order valence-electron chi connectivity index (χ2n) is 10.0. The first-order valence-corrected chi connectivity index (χ1v) is 11.9. The molecule has 10 saturated heterocycles. The fourth-order valence-corrected chi connectivity index (χ4v) is 89.9. The third-order valence-electron chi connectivity index (χ3n) is 15.6. The van der Waals surface area contributed by atoms with Crippen LogP contribution in [0.2, 0.25) is 47.5 Å². The molecule has 0 aromatic carbocycles. The maximum atomic E-state index is 2.82. The van der Waals surface area contributed by atoms with E-state index in [-0.39, 0.29) is 0 Å². The van der Waals surface area contributed by atoms with Gasteiger partial charge in [-0.1, -0.05) is 0 Å². The van der Waals surface area contributed by atoms with Gasteiger partial charge in [-0.25, -0.2) is 0 Å². The zero-order chi connectivity index (χ0) is 7.94. The molecule has 0 saturated carbocycles. The summed E-state index contributed by atoms with van der Waals surface area (Å²) in [5.74, 6) is 0. The van der Waals surface area contributed by atoms with E-state index in [1.807, 2.05) is 0 Å². The third kappa shape index (κ3) is 0.0267. The number of fused-ring (bicyclic) bond motifs is 10. The van der Waals surface area contributed by atoms with Gasteiger partial charge in [0.15, 0.2) is 0 Å². The van der Waals surface area contributed by atoms with E-state index in [1.54, 1.807) is 0 Å². The molecule has 4 unspecified atom stereocenters. The molecule has 0 N–H and O–H groups in total. The van der Waals surface area contributed by atoms with Gasteiger partial charge in [-0.3, -0.25) is 0 Å². The molecule has 0 amide bonds. The molecule has 10 aliphatic rings. The Morgan fingerprint density at radius 1 is 0.692 bits per heavy atom. The average Bonchev–Trinajstić information content (AvgIpc) is 3.02. The monoisotopic (exact) mass is 217 g/mol. The fraction of sp³-hybridized carbons (Fsp3) is 1.00. The van der Waals surface area contributed by atoms with Gasteiger partial charge in [-0.15, -0.1) is 0 Å². The van der Waals surface area contributed by atoms with Crippen LogP contribution in [-0.2, 0) is 6.37 Å². The van der Waals surface area contributed by atoms with Crippen LogP contribution in [0.5, 0.6) is 0 Å². The van der Waals surface area contributed by atoms with Crippen LogP contribution in [0.15, 0.2) is 0 Å². The summed E-state index contributed by atoms with van der Waals surface area (Å²) in [7, 11) is 0. The Kier molecular flexibility index (Phi) is 0.0800. The summed E-state index contributed by atoms with van der Waals surface area (Å²) in [5, 5.41) is 0. The molecule has 10 aliphatic heterocycles. The molecule has 0 bridgehead atoms. The molecule has 0 nitrogen and oxygen atoms in total. The van der Waals surface area contributed by atoms with Gasteiger partial charge in [0, 0.05) is 0 Å². The van der Waals surface area contributed by atoms with Crippen molar-refractivity contribution in [2.45, 2.75) is 61.4 Å². The molecular weight excluding hydrogens is 203 g/mol. The van der Waals surface area contributed by atoms with E-state index >= 15 is 0 Å². The normalized spacial score (nSPS) is 158. The Morgan fingerprint density at radius 2 is 1.08 bits per heavy atom. The van der Waals surface area contributed by atoms with Crippen LogP contribution in [0.25, 0.3) is 0 Å². The van der Waals surface area contributed by atoms with Crippen molar-refractivity contribution in [2.24, 2.45) is 0 Å². The summed E-state index contributed by atoms with van der Waals surface area (Å²) in [6.07, 6.45) is -2.53. The van der Waals surface area contributed by atoms with Gasteiger partial charge >= 0.3 is 67.7 Å². The van der Waals surface area contributed by atoms with Crippen LogP contribution < -0.4 is 0 Å². The van der Waals surface area contributed by atoms with Crippen LogP contribution in [0, 0.1) is 0 Å². The Hall–Kier alpha value is 0.506. The van der Waals surface area contributed by atoms with E-state index in [0.717, 1.165) is 8.70 Å². The van der Waals surface area contributed by atoms with E-state index in [0.29, 0.717) is 0 Å². The van der Waals surface area contributed by atoms with Crippen LogP contribution >= 0.6 is 0 Å². The standard InChI is InChI=1S/C7H9.C5H5.Co/c1-6-4-3-5-7(6)2;1-2-4-5-3-1;/h3-5H,1-2H3;1-5H;. The predicted molar refractivity (Wildman–Crippen MR) is 46.7 cm³/mol. The van der Waals surface area contributed by atoms with Crippen molar-refractivity contribution >= 4 is 0 Å². The minimum absolute atomic E-state index is 1.12. The molecular formula is C12H14Co. The van der Waals surface area contributed by atoms with Gasteiger partial charge < -0.3 is 0 Å². The molecule has 10 heterocycles. The zero-order valence-corrected chi connectivity index (χ0v) is 8.99. The number of hydrogen-bond acceptors (Lipinski definition) is 0. The molecule has 0 radical (unpaired) electrons. The summed E-state index contributed by atoms with van der Waals surface area (Å²) in [4.78, 5) is 12.1. The average molecular weight is 217 g/mol. The van der Waals surface area contributed by atoms with Gasteiger partial charge in [0.2, 0.25) is 0 Å². The zero-order valence-electron chi connectivity index (χ0n) is 7.95. The molecule has 71 valence electrons. The number of rotatable bonds is 0. The maximum absolute atomic E-state index is 2.82. The van der Waals surface area contributed by atoms with Gasteiger partial charge in [-0.05, 0) is 0 Å². The minimum atomic E-state index is -2.53. The first kappa shape index (κ1) is 4.17. The Labute approximate surface area is 68.0 Å². The first-order chi connectivity index (χ1) is 5.94. The van der Waals surface area contributed by atoms with E-state index in [4.69, 9.17) is 0 Å². The number of hydrogen-bond donors (Lipinski definition) is 0. The van der Waals surface area contributed by atoms with Crippen LogP contribution in [0.1, 0.15) is 13.8 Å². The molecule has 0 aromatic heterocycles. The van der Waals surface area contributed by atoms with Crippen LogP contribution in [0.4, 0.5) is 0 Å². The van der Waals surface area contributed by atoms with Crippen molar-refractivity contribution in [1.82, 2.24) is 0 Å². The molecule has 4 atom stereocenters. The van der Waals surface area contributed by atoms with E-state index in [1.165, 1.54) is 38.8 Å². The predicted octanol–water partition coefficient (Wildman–Crippen LogP) is 4.16. The molecule has 0 aromatic rings. The summed E-state index contributed by atoms with van der Waals surface area (Å²) in [6, 6.07) is 0. The summed E-state index contributed by atoms with van der Waals surface area (Å²) >= 11 is 0. The van der Waals surface area contributed by atoms with Gasteiger partial charge in [0.25, 0.3) is 0 Å². The van der Waals surface area contributed by atoms with Crippen LogP contribution in [-0.4, -0.2) is 0 Å². The fourth-order valence-electron chi connectivity index (χ4n) is 17.6. The third-order valence-corrected chi connectivity index (χ3v) is 58.6. The van der Waals surface area contributed by atoms with Crippen LogP contribution in [0.3, 0.4) is 0 Å². The van der Waals surface area contributed by atoms with E-state index in [9.17, 15) is 0 Å². The topological polar surface area (TPSA) is 0 Å². The van der Waals surface area contributed by atoms with Gasteiger partial charge in [0.1, 0.15) is 0 Å². The van der Waals surface area contributed by atoms with E-state index < -0.39 is 6.37 Å².